The highest BCUT2D eigenvalue weighted by Gasteiger charge is 2.25. The second-order valence-electron chi connectivity index (χ2n) is 5.31. The zero-order valence-corrected chi connectivity index (χ0v) is 16.2. The Balaban J connectivity index is 0.00000441. The molecule has 3 N–H and O–H groups in total. The van der Waals surface area contributed by atoms with Gasteiger partial charge in [-0.25, -0.2) is 4.99 Å². The first-order valence-corrected chi connectivity index (χ1v) is 7.85. The van der Waals surface area contributed by atoms with Gasteiger partial charge in [-0.05, 0) is 43.7 Å². The van der Waals surface area contributed by atoms with E-state index in [-0.39, 0.29) is 36.0 Å². The molecule has 0 amide bonds. The molecular formula is C16H30IN3O2. The van der Waals surface area contributed by atoms with Gasteiger partial charge in [-0.3, -0.25) is 0 Å². The summed E-state index contributed by atoms with van der Waals surface area (Å²) in [4.78, 5) is 4.53. The molecule has 6 heteroatoms. The second kappa shape index (κ2) is 11.8. The van der Waals surface area contributed by atoms with E-state index in [1.165, 1.54) is 0 Å². The van der Waals surface area contributed by atoms with Gasteiger partial charge in [-0.15, -0.1) is 24.0 Å². The summed E-state index contributed by atoms with van der Waals surface area (Å²) in [6.45, 7) is 8.77. The number of furan rings is 1. The fourth-order valence-electron chi connectivity index (χ4n) is 2.35. The molecule has 0 bridgehead atoms. The Bertz CT molecular complexity index is 404. The maximum atomic E-state index is 9.28. The van der Waals surface area contributed by atoms with Crippen molar-refractivity contribution in [1.82, 2.24) is 10.6 Å². The summed E-state index contributed by atoms with van der Waals surface area (Å²) >= 11 is 0. The van der Waals surface area contributed by atoms with Gasteiger partial charge >= 0.3 is 0 Å². The molecular weight excluding hydrogens is 393 g/mol. The van der Waals surface area contributed by atoms with Crippen molar-refractivity contribution in [1.29, 1.82) is 0 Å². The number of aliphatic hydroxyl groups excluding tert-OH is 1. The Hall–Kier alpha value is -0.760. The largest absolute Gasteiger partial charge is 0.467 e. The molecule has 0 unspecified atom stereocenters. The minimum absolute atomic E-state index is 0. The summed E-state index contributed by atoms with van der Waals surface area (Å²) < 4.78 is 5.29. The topological polar surface area (TPSA) is 69.8 Å². The van der Waals surface area contributed by atoms with Gasteiger partial charge in [0, 0.05) is 19.7 Å². The van der Waals surface area contributed by atoms with Crippen LogP contribution in [0.4, 0.5) is 0 Å². The number of aliphatic hydroxyl groups is 1. The van der Waals surface area contributed by atoms with Crippen molar-refractivity contribution in [2.45, 2.75) is 46.6 Å². The zero-order chi connectivity index (χ0) is 15.6. The predicted octanol–water partition coefficient (Wildman–Crippen LogP) is 3.14. The summed E-state index contributed by atoms with van der Waals surface area (Å²) in [5.74, 6) is 1.64. The molecule has 0 aliphatic heterocycles. The van der Waals surface area contributed by atoms with Crippen LogP contribution in [0.25, 0.3) is 0 Å². The molecule has 0 saturated heterocycles. The highest BCUT2D eigenvalue weighted by molar-refractivity contribution is 14.0. The van der Waals surface area contributed by atoms with Crippen LogP contribution in [0.15, 0.2) is 27.8 Å². The molecule has 0 saturated carbocycles. The van der Waals surface area contributed by atoms with Crippen molar-refractivity contribution in [2.75, 3.05) is 19.7 Å². The van der Waals surface area contributed by atoms with Gasteiger partial charge in [-0.2, -0.15) is 0 Å². The Morgan fingerprint density at radius 3 is 2.50 bits per heavy atom. The van der Waals surface area contributed by atoms with E-state index in [4.69, 9.17) is 4.42 Å². The van der Waals surface area contributed by atoms with Crippen LogP contribution in [0.5, 0.6) is 0 Å². The minimum atomic E-state index is 0. The van der Waals surface area contributed by atoms with Gasteiger partial charge in [-0.1, -0.05) is 13.8 Å². The lowest BCUT2D eigenvalue weighted by atomic mass is 9.79. The molecule has 0 aromatic carbocycles. The van der Waals surface area contributed by atoms with E-state index in [9.17, 15) is 5.11 Å². The molecule has 5 nitrogen and oxygen atoms in total. The van der Waals surface area contributed by atoms with E-state index in [0.29, 0.717) is 6.54 Å². The zero-order valence-electron chi connectivity index (χ0n) is 13.9. The Kier molecular flexibility index (Phi) is 11.4. The molecule has 1 aromatic heterocycles. The number of nitrogens with zero attached hydrogens (tertiary/aromatic N) is 1. The average Bonchev–Trinajstić information content (AvgIpc) is 3.02. The Morgan fingerprint density at radius 1 is 1.27 bits per heavy atom. The fraction of sp³-hybridized carbons (Fsp3) is 0.688. The smallest absolute Gasteiger partial charge is 0.191 e. The first-order chi connectivity index (χ1) is 10.2. The van der Waals surface area contributed by atoms with Gasteiger partial charge in [0.25, 0.3) is 0 Å². The third kappa shape index (κ3) is 7.00. The maximum Gasteiger partial charge on any atom is 0.191 e. The second-order valence-corrected chi connectivity index (χ2v) is 5.31. The number of guanidine groups is 1. The first kappa shape index (κ1) is 21.2. The molecule has 1 rings (SSSR count). The van der Waals surface area contributed by atoms with Crippen LogP contribution in [0.1, 0.15) is 45.8 Å². The lowest BCUT2D eigenvalue weighted by molar-refractivity contribution is 0.169. The van der Waals surface area contributed by atoms with Gasteiger partial charge in [0.2, 0.25) is 0 Å². The van der Waals surface area contributed by atoms with Crippen molar-refractivity contribution < 1.29 is 9.52 Å². The van der Waals surface area contributed by atoms with E-state index < -0.39 is 0 Å². The monoisotopic (exact) mass is 423 g/mol. The first-order valence-electron chi connectivity index (χ1n) is 7.85. The quantitative estimate of drug-likeness (QED) is 0.324. The number of hydrogen-bond donors (Lipinski definition) is 3. The molecule has 0 radical (unpaired) electrons. The van der Waals surface area contributed by atoms with Crippen molar-refractivity contribution >= 4 is 29.9 Å². The van der Waals surface area contributed by atoms with Crippen LogP contribution in [0.3, 0.4) is 0 Å². The molecule has 1 aromatic rings. The lowest BCUT2D eigenvalue weighted by Gasteiger charge is -2.32. The summed E-state index contributed by atoms with van der Waals surface area (Å²) in [5.41, 5.74) is 0.121. The summed E-state index contributed by atoms with van der Waals surface area (Å²) in [6, 6.07) is 3.78. The molecule has 22 heavy (non-hydrogen) atoms. The fourth-order valence-corrected chi connectivity index (χ4v) is 2.35. The molecule has 0 fully saturated rings. The predicted molar refractivity (Wildman–Crippen MR) is 102 cm³/mol. The van der Waals surface area contributed by atoms with Gasteiger partial charge in [0.05, 0.1) is 6.26 Å². The molecule has 128 valence electrons. The third-order valence-electron chi connectivity index (χ3n) is 4.09. The highest BCUT2D eigenvalue weighted by atomic mass is 127. The van der Waals surface area contributed by atoms with E-state index in [0.717, 1.165) is 44.1 Å². The number of nitrogens with one attached hydrogen (secondary N) is 2. The molecule has 0 aliphatic rings. The number of rotatable bonds is 9. The van der Waals surface area contributed by atoms with Crippen LogP contribution in [0.2, 0.25) is 0 Å². The normalized spacial score (nSPS) is 11.9. The van der Waals surface area contributed by atoms with Crippen molar-refractivity contribution in [3.8, 4) is 0 Å². The SMILES string of the molecule is CCNC(=NCc1ccco1)NCC(CC)(CC)CCO.I. The molecule has 0 atom stereocenters. The standard InChI is InChI=1S/C16H29N3O2.HI/c1-4-16(5-2,9-10-20)13-19-15(17-6-3)18-12-14-8-7-11-21-14;/h7-8,11,20H,4-6,9-10,12-13H2,1-3H3,(H2,17,18,19);1H. The van der Waals surface area contributed by atoms with Crippen molar-refractivity contribution in [2.24, 2.45) is 10.4 Å². The molecule has 0 spiro atoms. The van der Waals surface area contributed by atoms with Crippen LogP contribution in [0, 0.1) is 5.41 Å². The van der Waals surface area contributed by atoms with Crippen molar-refractivity contribution in [3.63, 3.8) is 0 Å². The van der Waals surface area contributed by atoms with E-state index >= 15 is 0 Å². The van der Waals surface area contributed by atoms with Crippen LogP contribution < -0.4 is 10.6 Å². The molecule has 1 heterocycles. The van der Waals surface area contributed by atoms with Gasteiger partial charge < -0.3 is 20.2 Å². The number of hydrogen-bond acceptors (Lipinski definition) is 3. The molecule has 0 aliphatic carbocycles. The summed E-state index contributed by atoms with van der Waals surface area (Å²) in [6.07, 6.45) is 4.54. The van der Waals surface area contributed by atoms with Crippen LogP contribution in [-0.4, -0.2) is 30.8 Å². The summed E-state index contributed by atoms with van der Waals surface area (Å²) in [7, 11) is 0. The van der Waals surface area contributed by atoms with E-state index in [2.05, 4.69) is 29.5 Å². The van der Waals surface area contributed by atoms with Gasteiger partial charge in [0.1, 0.15) is 12.3 Å². The average molecular weight is 423 g/mol. The Labute approximate surface area is 151 Å². The van der Waals surface area contributed by atoms with Crippen LogP contribution in [-0.2, 0) is 6.54 Å². The lowest BCUT2D eigenvalue weighted by Crippen LogP contribution is -2.43. The van der Waals surface area contributed by atoms with E-state index in [1.54, 1.807) is 6.26 Å². The van der Waals surface area contributed by atoms with Crippen LogP contribution >= 0.6 is 24.0 Å². The van der Waals surface area contributed by atoms with Crippen molar-refractivity contribution in [3.05, 3.63) is 24.2 Å². The van der Waals surface area contributed by atoms with E-state index in [1.807, 2.05) is 19.1 Å². The van der Waals surface area contributed by atoms with Gasteiger partial charge in [0.15, 0.2) is 5.96 Å². The Morgan fingerprint density at radius 2 is 2.00 bits per heavy atom. The maximum absolute atomic E-state index is 9.28. The highest BCUT2D eigenvalue weighted by Crippen LogP contribution is 2.29. The summed E-state index contributed by atoms with van der Waals surface area (Å²) in [5, 5.41) is 15.9. The number of aliphatic imine (C=N–C) groups is 1. The minimum Gasteiger partial charge on any atom is -0.467 e. The third-order valence-corrected chi connectivity index (χ3v) is 4.09. The number of halogens is 1.